The zero-order valence-electron chi connectivity index (χ0n) is 12.1. The van der Waals surface area contributed by atoms with Crippen molar-refractivity contribution in [1.82, 2.24) is 0 Å². The molecule has 112 valence electrons. The van der Waals surface area contributed by atoms with E-state index in [1.54, 1.807) is 0 Å². The van der Waals surface area contributed by atoms with E-state index in [1.807, 2.05) is 30.3 Å². The molecule has 2 rings (SSSR count). The van der Waals surface area contributed by atoms with Crippen LogP contribution < -0.4 is 10.2 Å². The van der Waals surface area contributed by atoms with Gasteiger partial charge in [-0.2, -0.15) is 0 Å². The Bertz CT molecular complexity index is 618. The van der Waals surface area contributed by atoms with Crippen molar-refractivity contribution in [3.05, 3.63) is 63.7 Å². The predicted octanol–water partition coefficient (Wildman–Crippen LogP) is 2.51. The molecule has 0 amide bonds. The van der Waals surface area contributed by atoms with Crippen LogP contribution in [-0.4, -0.2) is 14.2 Å². The lowest BCUT2D eigenvalue weighted by atomic mass is 10.2. The van der Waals surface area contributed by atoms with E-state index in [1.165, 1.54) is 20.3 Å². The van der Waals surface area contributed by atoms with Gasteiger partial charge in [-0.15, -0.1) is 0 Å². The summed E-state index contributed by atoms with van der Waals surface area (Å²) >= 11 is 0. The molecule has 0 radical (unpaired) electrons. The molecule has 1 heterocycles. The molecule has 5 heteroatoms. The van der Waals surface area contributed by atoms with Crippen LogP contribution in [0.4, 0.5) is 0 Å². The van der Waals surface area contributed by atoms with Gasteiger partial charge in [-0.25, -0.2) is 0 Å². The molecule has 0 fully saturated rings. The fraction of sp³-hybridized carbons (Fsp3) is 0.312. The van der Waals surface area contributed by atoms with E-state index in [-0.39, 0.29) is 24.4 Å². The molecule has 0 aliphatic heterocycles. The van der Waals surface area contributed by atoms with E-state index in [0.29, 0.717) is 18.1 Å². The molecule has 0 aliphatic rings. The first kappa shape index (κ1) is 15.3. The maximum absolute atomic E-state index is 12.1. The normalized spacial score (nSPS) is 10.6. The number of ether oxygens (including phenoxy) is 3. The van der Waals surface area contributed by atoms with Crippen LogP contribution in [0.3, 0.4) is 0 Å². The Morgan fingerprint density at radius 3 is 2.38 bits per heavy atom. The molecule has 0 atom stereocenters. The molecule has 1 aromatic heterocycles. The van der Waals surface area contributed by atoms with Gasteiger partial charge in [-0.05, 0) is 5.56 Å². The van der Waals surface area contributed by atoms with Crippen molar-refractivity contribution < 1.29 is 18.6 Å². The third-order valence-electron chi connectivity index (χ3n) is 2.81. The second-order valence-electron chi connectivity index (χ2n) is 4.47. The first-order valence-electron chi connectivity index (χ1n) is 6.55. The van der Waals surface area contributed by atoms with Crippen LogP contribution in [0.1, 0.15) is 17.1 Å². The van der Waals surface area contributed by atoms with Crippen molar-refractivity contribution in [2.45, 2.75) is 19.8 Å². The highest BCUT2D eigenvalue weighted by Crippen LogP contribution is 2.18. The summed E-state index contributed by atoms with van der Waals surface area (Å²) in [6, 6.07) is 11.0. The van der Waals surface area contributed by atoms with Gasteiger partial charge < -0.3 is 18.6 Å². The molecule has 0 saturated heterocycles. The van der Waals surface area contributed by atoms with Crippen LogP contribution in [-0.2, 0) is 29.3 Å². The van der Waals surface area contributed by atoms with Crippen molar-refractivity contribution in [3.8, 4) is 5.75 Å². The number of rotatable bonds is 7. The standard InChI is InChI=1S/C16H18O5/c1-18-10-13-8-14(17)16(15(21-13)11-19-2)20-9-12-6-4-3-5-7-12/h3-8H,9-11H2,1-2H3. The van der Waals surface area contributed by atoms with Gasteiger partial charge in [0.2, 0.25) is 11.2 Å². The summed E-state index contributed by atoms with van der Waals surface area (Å²) < 4.78 is 21.2. The Kier molecular flexibility index (Phi) is 5.54. The molecule has 0 aliphatic carbocycles. The lowest BCUT2D eigenvalue weighted by Crippen LogP contribution is -2.12. The van der Waals surface area contributed by atoms with E-state index >= 15 is 0 Å². The van der Waals surface area contributed by atoms with Gasteiger partial charge in [-0.3, -0.25) is 4.79 Å². The van der Waals surface area contributed by atoms with E-state index in [2.05, 4.69) is 0 Å². The Labute approximate surface area is 123 Å². The maximum Gasteiger partial charge on any atom is 0.227 e. The van der Waals surface area contributed by atoms with Crippen molar-refractivity contribution in [1.29, 1.82) is 0 Å². The van der Waals surface area contributed by atoms with E-state index in [0.717, 1.165) is 5.56 Å². The average molecular weight is 290 g/mol. The van der Waals surface area contributed by atoms with Gasteiger partial charge in [-0.1, -0.05) is 30.3 Å². The molecule has 1 aromatic carbocycles. The highest BCUT2D eigenvalue weighted by molar-refractivity contribution is 5.27. The van der Waals surface area contributed by atoms with Crippen LogP contribution in [0, 0.1) is 0 Å². The van der Waals surface area contributed by atoms with Crippen LogP contribution in [0.15, 0.2) is 45.6 Å². The number of hydrogen-bond acceptors (Lipinski definition) is 5. The van der Waals surface area contributed by atoms with Crippen molar-refractivity contribution in [2.75, 3.05) is 14.2 Å². The lowest BCUT2D eigenvalue weighted by Gasteiger charge is -2.11. The molecular formula is C16H18O5. The molecule has 0 unspecified atom stereocenters. The van der Waals surface area contributed by atoms with E-state index < -0.39 is 0 Å². The first-order valence-corrected chi connectivity index (χ1v) is 6.55. The van der Waals surface area contributed by atoms with E-state index in [4.69, 9.17) is 18.6 Å². The minimum atomic E-state index is -0.240. The largest absolute Gasteiger partial charge is 0.482 e. The van der Waals surface area contributed by atoms with Gasteiger partial charge in [0, 0.05) is 20.3 Å². The fourth-order valence-corrected chi connectivity index (χ4v) is 1.90. The molecule has 0 saturated carbocycles. The Morgan fingerprint density at radius 1 is 1.00 bits per heavy atom. The van der Waals surface area contributed by atoms with Crippen molar-refractivity contribution >= 4 is 0 Å². The molecular weight excluding hydrogens is 272 g/mol. The molecule has 0 N–H and O–H groups in total. The van der Waals surface area contributed by atoms with Crippen LogP contribution >= 0.6 is 0 Å². The Morgan fingerprint density at radius 2 is 1.71 bits per heavy atom. The lowest BCUT2D eigenvalue weighted by molar-refractivity contribution is 0.131. The van der Waals surface area contributed by atoms with Gasteiger partial charge in [0.25, 0.3) is 0 Å². The highest BCUT2D eigenvalue weighted by atomic mass is 16.5. The molecule has 0 bridgehead atoms. The van der Waals surface area contributed by atoms with E-state index in [9.17, 15) is 4.79 Å². The molecule has 2 aromatic rings. The second-order valence-corrected chi connectivity index (χ2v) is 4.47. The zero-order chi connectivity index (χ0) is 15.1. The summed E-state index contributed by atoms with van der Waals surface area (Å²) in [5.41, 5.74) is 0.734. The second kappa shape index (κ2) is 7.61. The first-order chi connectivity index (χ1) is 10.2. The molecule has 5 nitrogen and oxygen atoms in total. The quantitative estimate of drug-likeness (QED) is 0.784. The van der Waals surface area contributed by atoms with Crippen molar-refractivity contribution in [3.63, 3.8) is 0 Å². The Hall–Kier alpha value is -2.11. The summed E-state index contributed by atoms with van der Waals surface area (Å²) in [5, 5.41) is 0. The highest BCUT2D eigenvalue weighted by Gasteiger charge is 2.14. The topological polar surface area (TPSA) is 57.9 Å². The summed E-state index contributed by atoms with van der Waals surface area (Å²) in [7, 11) is 3.07. The van der Waals surface area contributed by atoms with Gasteiger partial charge >= 0.3 is 0 Å². The fourth-order valence-electron chi connectivity index (χ4n) is 1.90. The Balaban J connectivity index is 2.22. The molecule has 21 heavy (non-hydrogen) atoms. The van der Waals surface area contributed by atoms with Crippen LogP contribution in [0.2, 0.25) is 0 Å². The monoisotopic (exact) mass is 290 g/mol. The third kappa shape index (κ3) is 4.18. The predicted molar refractivity (Wildman–Crippen MR) is 77.2 cm³/mol. The zero-order valence-corrected chi connectivity index (χ0v) is 12.1. The summed E-state index contributed by atoms with van der Waals surface area (Å²) in [6.45, 7) is 0.688. The molecule has 0 spiro atoms. The van der Waals surface area contributed by atoms with Crippen LogP contribution in [0.5, 0.6) is 5.75 Å². The smallest absolute Gasteiger partial charge is 0.227 e. The van der Waals surface area contributed by atoms with Crippen molar-refractivity contribution in [2.24, 2.45) is 0 Å². The summed E-state index contributed by atoms with van der Waals surface area (Å²) in [5.74, 6) is 0.996. The third-order valence-corrected chi connectivity index (χ3v) is 2.81. The average Bonchev–Trinajstić information content (AvgIpc) is 2.48. The van der Waals surface area contributed by atoms with Gasteiger partial charge in [0.15, 0.2) is 5.76 Å². The van der Waals surface area contributed by atoms with Gasteiger partial charge in [0.05, 0.1) is 0 Å². The number of methoxy groups -OCH3 is 2. The maximum atomic E-state index is 12.1. The SMILES string of the molecule is COCc1cc(=O)c(OCc2ccccc2)c(COC)o1. The number of benzene rings is 1. The number of hydrogen-bond donors (Lipinski definition) is 0. The minimum absolute atomic E-state index is 0.164. The van der Waals surface area contributed by atoms with Gasteiger partial charge in [0.1, 0.15) is 25.6 Å². The van der Waals surface area contributed by atoms with Crippen LogP contribution in [0.25, 0.3) is 0 Å². The summed E-state index contributed by atoms with van der Waals surface area (Å²) in [6.07, 6.45) is 0. The minimum Gasteiger partial charge on any atom is -0.482 e. The summed E-state index contributed by atoms with van der Waals surface area (Å²) in [4.78, 5) is 12.1.